The highest BCUT2D eigenvalue weighted by atomic mass is 14.6. The lowest BCUT2D eigenvalue weighted by Gasteiger charge is -2.06. The van der Waals surface area contributed by atoms with Crippen LogP contribution in [0.25, 0.3) is 5.57 Å². The van der Waals surface area contributed by atoms with E-state index in [1.807, 2.05) is 12.4 Å². The molecule has 148 valence electrons. The second-order valence-corrected chi connectivity index (χ2v) is 7.89. The van der Waals surface area contributed by atoms with Crippen molar-refractivity contribution < 1.29 is 0 Å². The zero-order chi connectivity index (χ0) is 18.7. The van der Waals surface area contributed by atoms with E-state index < -0.39 is 0 Å². The smallest absolute Gasteiger partial charge is 0.0273 e. The van der Waals surface area contributed by atoms with Crippen LogP contribution in [0.4, 0.5) is 0 Å². The lowest BCUT2D eigenvalue weighted by molar-refractivity contribution is 0.530. The molecule has 0 N–H and O–H groups in total. The second-order valence-electron chi connectivity index (χ2n) is 7.89. The van der Waals surface area contributed by atoms with E-state index in [0.717, 1.165) is 6.42 Å². The molecule has 0 aliphatic carbocycles. The molecule has 1 aromatic rings. The largest absolute Gasteiger partial charge is 0.265 e. The van der Waals surface area contributed by atoms with Gasteiger partial charge >= 0.3 is 0 Å². The Bertz CT molecular complexity index is 423. The average Bonchev–Trinajstić information content (AvgIpc) is 2.68. The Labute approximate surface area is 163 Å². The molecule has 0 atom stereocenters. The maximum absolute atomic E-state index is 4.20. The predicted octanol–water partition coefficient (Wildman–Crippen LogP) is 8.75. The molecule has 0 aliphatic heterocycles. The quantitative estimate of drug-likeness (QED) is 0.239. The third-order valence-corrected chi connectivity index (χ3v) is 5.42. The van der Waals surface area contributed by atoms with Gasteiger partial charge in [-0.15, -0.1) is 0 Å². The number of pyridine rings is 1. The Morgan fingerprint density at radius 2 is 1.04 bits per heavy atom. The second kappa shape index (κ2) is 17.3. The van der Waals surface area contributed by atoms with Crippen LogP contribution >= 0.6 is 0 Å². The maximum atomic E-state index is 4.20. The number of unbranched alkanes of at least 4 members (excludes halogenated alkanes) is 15. The first kappa shape index (κ1) is 22.9. The van der Waals surface area contributed by atoms with Gasteiger partial charge in [-0.2, -0.15) is 0 Å². The Balaban J connectivity index is 1.76. The van der Waals surface area contributed by atoms with Crippen LogP contribution in [0.15, 0.2) is 31.1 Å². The van der Waals surface area contributed by atoms with Crippen molar-refractivity contribution in [3.63, 3.8) is 0 Å². The van der Waals surface area contributed by atoms with Crippen LogP contribution in [0.3, 0.4) is 0 Å². The monoisotopic (exact) mass is 357 g/mol. The minimum Gasteiger partial charge on any atom is -0.265 e. The fraction of sp³-hybridized carbons (Fsp3) is 0.720. The van der Waals surface area contributed by atoms with E-state index in [0.29, 0.717) is 0 Å². The molecule has 0 unspecified atom stereocenters. The zero-order valence-electron chi connectivity index (χ0n) is 17.5. The molecular weight excluding hydrogens is 314 g/mol. The summed E-state index contributed by atoms with van der Waals surface area (Å²) >= 11 is 0. The normalized spacial score (nSPS) is 11.0. The zero-order valence-corrected chi connectivity index (χ0v) is 17.5. The van der Waals surface area contributed by atoms with E-state index in [1.165, 1.54) is 114 Å². The number of hydrogen-bond acceptors (Lipinski definition) is 1. The van der Waals surface area contributed by atoms with Crippen molar-refractivity contribution in [3.05, 3.63) is 36.7 Å². The van der Waals surface area contributed by atoms with Crippen LogP contribution in [0, 0.1) is 0 Å². The lowest BCUT2D eigenvalue weighted by Crippen LogP contribution is -1.86. The van der Waals surface area contributed by atoms with Crippen LogP contribution in [0.2, 0.25) is 0 Å². The first-order valence-electron chi connectivity index (χ1n) is 11.4. The number of hydrogen-bond donors (Lipinski definition) is 0. The van der Waals surface area contributed by atoms with Crippen LogP contribution < -0.4 is 0 Å². The molecule has 1 heterocycles. The van der Waals surface area contributed by atoms with Crippen molar-refractivity contribution in [3.8, 4) is 0 Å². The summed E-state index contributed by atoms with van der Waals surface area (Å²) in [6.45, 7) is 6.50. The van der Waals surface area contributed by atoms with Crippen molar-refractivity contribution in [2.75, 3.05) is 0 Å². The summed E-state index contributed by atoms with van der Waals surface area (Å²) in [4.78, 5) is 4.07. The molecule has 1 aromatic heterocycles. The molecular formula is C25H43N. The summed E-state index contributed by atoms with van der Waals surface area (Å²) < 4.78 is 0. The van der Waals surface area contributed by atoms with E-state index in [-0.39, 0.29) is 0 Å². The molecule has 0 aliphatic rings. The molecule has 0 bridgehead atoms. The third kappa shape index (κ3) is 13.1. The summed E-state index contributed by atoms with van der Waals surface area (Å²) in [5.74, 6) is 0. The molecule has 1 rings (SSSR count). The highest BCUT2D eigenvalue weighted by Crippen LogP contribution is 2.19. The van der Waals surface area contributed by atoms with Gasteiger partial charge in [0.25, 0.3) is 0 Å². The van der Waals surface area contributed by atoms with Crippen LogP contribution in [-0.4, -0.2) is 4.98 Å². The van der Waals surface area contributed by atoms with E-state index in [9.17, 15) is 0 Å². The van der Waals surface area contributed by atoms with E-state index >= 15 is 0 Å². The fourth-order valence-electron chi connectivity index (χ4n) is 3.62. The minimum absolute atomic E-state index is 1.13. The molecule has 0 fully saturated rings. The number of rotatable bonds is 18. The standard InChI is InChI=1S/C25H43N/c1-3-4-5-6-7-8-9-10-11-12-13-14-15-16-17-18-19-24(2)25-20-22-26-23-21-25/h20-23H,2-19H2,1H3. The molecule has 0 aromatic carbocycles. The van der Waals surface area contributed by atoms with Crippen LogP contribution in [0.5, 0.6) is 0 Å². The Morgan fingerprint density at radius 3 is 1.46 bits per heavy atom. The Hall–Kier alpha value is -1.11. The van der Waals surface area contributed by atoms with E-state index in [2.05, 4.69) is 30.6 Å². The average molecular weight is 358 g/mol. The van der Waals surface area contributed by atoms with Gasteiger partial charge in [0.1, 0.15) is 0 Å². The molecule has 1 heteroatoms. The van der Waals surface area contributed by atoms with Gasteiger partial charge in [-0.1, -0.05) is 110 Å². The third-order valence-electron chi connectivity index (χ3n) is 5.42. The molecule has 0 saturated heterocycles. The number of nitrogens with zero attached hydrogens (tertiary/aromatic N) is 1. The Morgan fingerprint density at radius 1 is 0.654 bits per heavy atom. The molecule has 0 spiro atoms. The number of allylic oxidation sites excluding steroid dienone is 1. The minimum atomic E-state index is 1.13. The molecule has 0 radical (unpaired) electrons. The first-order valence-corrected chi connectivity index (χ1v) is 11.4. The fourth-order valence-corrected chi connectivity index (χ4v) is 3.62. The van der Waals surface area contributed by atoms with Crippen molar-refractivity contribution >= 4 is 5.57 Å². The van der Waals surface area contributed by atoms with Crippen molar-refractivity contribution in [2.24, 2.45) is 0 Å². The summed E-state index contributed by atoms with van der Waals surface area (Å²) in [5, 5.41) is 0. The maximum Gasteiger partial charge on any atom is 0.0273 e. The lowest BCUT2D eigenvalue weighted by atomic mass is 10.0. The van der Waals surface area contributed by atoms with Crippen molar-refractivity contribution in [1.82, 2.24) is 4.98 Å². The first-order chi connectivity index (χ1) is 12.8. The Kier molecular flexibility index (Phi) is 15.3. The topological polar surface area (TPSA) is 12.9 Å². The molecule has 1 nitrogen and oxygen atoms in total. The van der Waals surface area contributed by atoms with E-state index in [1.54, 1.807) is 0 Å². The van der Waals surface area contributed by atoms with Gasteiger partial charge in [0.05, 0.1) is 0 Å². The van der Waals surface area contributed by atoms with Gasteiger partial charge < -0.3 is 0 Å². The molecule has 0 amide bonds. The van der Waals surface area contributed by atoms with Gasteiger partial charge in [0, 0.05) is 12.4 Å². The van der Waals surface area contributed by atoms with Gasteiger partial charge in [0.2, 0.25) is 0 Å². The van der Waals surface area contributed by atoms with E-state index in [4.69, 9.17) is 0 Å². The van der Waals surface area contributed by atoms with Gasteiger partial charge in [-0.3, -0.25) is 4.98 Å². The van der Waals surface area contributed by atoms with Gasteiger partial charge in [-0.25, -0.2) is 0 Å². The highest BCUT2D eigenvalue weighted by molar-refractivity contribution is 5.62. The predicted molar refractivity (Wildman–Crippen MR) is 117 cm³/mol. The molecule has 0 saturated carbocycles. The SMILES string of the molecule is C=C(CCCCCCCCCCCCCCCCCC)c1ccncc1. The van der Waals surface area contributed by atoms with Crippen molar-refractivity contribution in [1.29, 1.82) is 0 Å². The highest BCUT2D eigenvalue weighted by Gasteiger charge is 1.99. The summed E-state index contributed by atoms with van der Waals surface area (Å²) in [7, 11) is 0. The van der Waals surface area contributed by atoms with Crippen LogP contribution in [-0.2, 0) is 0 Å². The van der Waals surface area contributed by atoms with Crippen molar-refractivity contribution in [2.45, 2.75) is 116 Å². The van der Waals surface area contributed by atoms with Gasteiger partial charge in [0.15, 0.2) is 0 Å². The molecule has 26 heavy (non-hydrogen) atoms. The summed E-state index contributed by atoms with van der Waals surface area (Å²) in [5.41, 5.74) is 2.51. The summed E-state index contributed by atoms with van der Waals surface area (Å²) in [6, 6.07) is 4.13. The van der Waals surface area contributed by atoms with Crippen LogP contribution in [0.1, 0.15) is 122 Å². The summed E-state index contributed by atoms with van der Waals surface area (Å²) in [6.07, 6.45) is 27.6. The van der Waals surface area contributed by atoms with Gasteiger partial charge in [-0.05, 0) is 36.1 Å². The number of aromatic nitrogens is 1.